The maximum absolute atomic E-state index is 5.86. The Balaban J connectivity index is 2.44. The summed E-state index contributed by atoms with van der Waals surface area (Å²) in [7, 11) is 0. The fourth-order valence-electron chi connectivity index (χ4n) is 2.51. The van der Waals surface area contributed by atoms with Gasteiger partial charge >= 0.3 is 0 Å². The Bertz CT molecular complexity index is 468. The van der Waals surface area contributed by atoms with Crippen molar-refractivity contribution in [3.8, 4) is 5.75 Å². The highest BCUT2D eigenvalue weighted by Crippen LogP contribution is 2.20. The Morgan fingerprint density at radius 1 is 0.917 bits per heavy atom. The molecule has 0 aliphatic rings. The molecule has 0 aliphatic heterocycles. The molecule has 0 saturated heterocycles. The molecular weight excluding hydrogens is 300 g/mol. The second-order valence-electron chi connectivity index (χ2n) is 5.70. The fourth-order valence-corrected chi connectivity index (χ4v) is 2.51. The summed E-state index contributed by atoms with van der Waals surface area (Å²) in [5.74, 6) is 1.57. The third kappa shape index (κ3) is 7.37. The summed E-state index contributed by atoms with van der Waals surface area (Å²) >= 11 is 0. The van der Waals surface area contributed by atoms with Crippen LogP contribution in [-0.4, -0.2) is 62.3 Å². The molecule has 0 aromatic heterocycles. The van der Waals surface area contributed by atoms with Crippen LogP contribution in [0.4, 0.5) is 0 Å². The Morgan fingerprint density at radius 3 is 2.08 bits per heavy atom. The Kier molecular flexibility index (Phi) is 10.2. The molecule has 0 aliphatic carbocycles. The van der Waals surface area contributed by atoms with Gasteiger partial charge in [-0.1, -0.05) is 46.4 Å². The predicted octanol–water partition coefficient (Wildman–Crippen LogP) is 3.74. The van der Waals surface area contributed by atoms with Crippen molar-refractivity contribution in [2.45, 2.75) is 27.7 Å². The van der Waals surface area contributed by atoms with Crippen LogP contribution >= 0.6 is 0 Å². The molecule has 1 aromatic rings. The van der Waals surface area contributed by atoms with E-state index in [-0.39, 0.29) is 0 Å². The summed E-state index contributed by atoms with van der Waals surface area (Å²) in [5, 5.41) is 0. The van der Waals surface area contributed by atoms with Crippen molar-refractivity contribution >= 4 is 5.76 Å². The second-order valence-corrected chi connectivity index (χ2v) is 5.70. The molecular formula is C20H34N2O2. The van der Waals surface area contributed by atoms with Crippen molar-refractivity contribution in [3.05, 3.63) is 36.4 Å². The van der Waals surface area contributed by atoms with Crippen molar-refractivity contribution in [3.63, 3.8) is 0 Å². The van der Waals surface area contributed by atoms with Crippen molar-refractivity contribution in [2.24, 2.45) is 0 Å². The van der Waals surface area contributed by atoms with Crippen LogP contribution in [0.1, 0.15) is 33.3 Å². The van der Waals surface area contributed by atoms with Gasteiger partial charge in [0.05, 0.1) is 0 Å². The van der Waals surface area contributed by atoms with Crippen molar-refractivity contribution < 1.29 is 9.47 Å². The number of likely N-dealkylation sites (N-methyl/N-ethyl adjacent to an activating group) is 2. The van der Waals surface area contributed by atoms with Gasteiger partial charge in [0.1, 0.15) is 24.7 Å². The van der Waals surface area contributed by atoms with Crippen LogP contribution in [-0.2, 0) is 4.74 Å². The minimum atomic E-state index is 0.660. The monoisotopic (exact) mass is 334 g/mol. The Labute approximate surface area is 148 Å². The summed E-state index contributed by atoms with van der Waals surface area (Å²) in [4.78, 5) is 4.68. The van der Waals surface area contributed by atoms with Gasteiger partial charge in [-0.05, 0) is 38.3 Å². The average molecular weight is 335 g/mol. The third-order valence-electron chi connectivity index (χ3n) is 4.30. The summed E-state index contributed by atoms with van der Waals surface area (Å²) in [5.41, 5.74) is 0.981. The molecule has 4 nitrogen and oxygen atoms in total. The van der Waals surface area contributed by atoms with Crippen molar-refractivity contribution in [1.29, 1.82) is 0 Å². The molecule has 0 unspecified atom stereocenters. The van der Waals surface area contributed by atoms with E-state index >= 15 is 0 Å². The van der Waals surface area contributed by atoms with Gasteiger partial charge in [0.15, 0.2) is 0 Å². The van der Waals surface area contributed by atoms with Gasteiger partial charge < -0.3 is 19.3 Å². The molecule has 0 spiro atoms. The second kappa shape index (κ2) is 11.9. The predicted molar refractivity (Wildman–Crippen MR) is 102 cm³/mol. The molecule has 24 heavy (non-hydrogen) atoms. The molecule has 0 radical (unpaired) electrons. The number of rotatable bonds is 13. The van der Waals surface area contributed by atoms with E-state index in [2.05, 4.69) is 44.1 Å². The first-order valence-electron chi connectivity index (χ1n) is 9.14. The minimum Gasteiger partial charge on any atom is -0.492 e. The van der Waals surface area contributed by atoms with E-state index in [1.54, 1.807) is 0 Å². The van der Waals surface area contributed by atoms with Gasteiger partial charge in [-0.15, -0.1) is 0 Å². The Morgan fingerprint density at radius 2 is 1.50 bits per heavy atom. The van der Waals surface area contributed by atoms with Crippen LogP contribution in [0.2, 0.25) is 0 Å². The third-order valence-corrected chi connectivity index (χ3v) is 4.30. The molecule has 0 bridgehead atoms. The van der Waals surface area contributed by atoms with E-state index in [9.17, 15) is 0 Å². The van der Waals surface area contributed by atoms with Crippen LogP contribution in [0.5, 0.6) is 5.75 Å². The zero-order valence-electron chi connectivity index (χ0n) is 15.9. The smallest absolute Gasteiger partial charge is 0.120 e. The SMILES string of the molecule is C=C(OCCN(CC)CC)c1cccc(OCCN(CC)CC)c1. The van der Waals surface area contributed by atoms with E-state index in [0.29, 0.717) is 19.0 Å². The van der Waals surface area contributed by atoms with Gasteiger partial charge in [-0.3, -0.25) is 0 Å². The molecule has 0 amide bonds. The molecule has 0 fully saturated rings. The lowest BCUT2D eigenvalue weighted by Crippen LogP contribution is -2.27. The van der Waals surface area contributed by atoms with E-state index in [4.69, 9.17) is 9.47 Å². The van der Waals surface area contributed by atoms with E-state index in [1.165, 1.54) is 0 Å². The van der Waals surface area contributed by atoms with Crippen LogP contribution < -0.4 is 4.74 Å². The maximum Gasteiger partial charge on any atom is 0.120 e. The van der Waals surface area contributed by atoms with Crippen LogP contribution in [0.25, 0.3) is 5.76 Å². The molecule has 4 heteroatoms. The van der Waals surface area contributed by atoms with E-state index < -0.39 is 0 Å². The first-order chi connectivity index (χ1) is 11.6. The van der Waals surface area contributed by atoms with E-state index in [1.807, 2.05) is 24.3 Å². The van der Waals surface area contributed by atoms with Gasteiger partial charge in [-0.2, -0.15) is 0 Å². The summed E-state index contributed by atoms with van der Waals surface area (Å²) < 4.78 is 11.7. The largest absolute Gasteiger partial charge is 0.492 e. The number of hydrogen-bond donors (Lipinski definition) is 0. The first-order valence-corrected chi connectivity index (χ1v) is 9.14. The van der Waals surface area contributed by atoms with Crippen LogP contribution in [0, 0.1) is 0 Å². The molecule has 0 saturated carbocycles. The maximum atomic E-state index is 5.86. The summed E-state index contributed by atoms with van der Waals surface area (Å²) in [6, 6.07) is 7.98. The molecule has 1 aromatic carbocycles. The van der Waals surface area contributed by atoms with Crippen LogP contribution in [0.15, 0.2) is 30.8 Å². The van der Waals surface area contributed by atoms with Crippen LogP contribution in [0.3, 0.4) is 0 Å². The average Bonchev–Trinajstić information content (AvgIpc) is 2.62. The topological polar surface area (TPSA) is 24.9 Å². The molecule has 0 heterocycles. The van der Waals surface area contributed by atoms with Gasteiger partial charge in [0.25, 0.3) is 0 Å². The quantitative estimate of drug-likeness (QED) is 0.513. The van der Waals surface area contributed by atoms with Crippen molar-refractivity contribution in [2.75, 3.05) is 52.5 Å². The zero-order chi connectivity index (χ0) is 17.8. The summed E-state index contributed by atoms with van der Waals surface area (Å²) in [6.07, 6.45) is 0. The number of hydrogen-bond acceptors (Lipinski definition) is 4. The lowest BCUT2D eigenvalue weighted by atomic mass is 10.2. The highest BCUT2D eigenvalue weighted by molar-refractivity contribution is 5.59. The number of benzene rings is 1. The number of nitrogens with zero attached hydrogens (tertiary/aromatic N) is 2. The van der Waals surface area contributed by atoms with E-state index in [0.717, 1.165) is 50.6 Å². The molecule has 0 atom stereocenters. The number of ether oxygens (including phenoxy) is 2. The zero-order valence-corrected chi connectivity index (χ0v) is 15.9. The lowest BCUT2D eigenvalue weighted by Gasteiger charge is -2.19. The normalized spacial score (nSPS) is 11.1. The lowest BCUT2D eigenvalue weighted by molar-refractivity contribution is 0.202. The Hall–Kier alpha value is -1.52. The van der Waals surface area contributed by atoms with Gasteiger partial charge in [0.2, 0.25) is 0 Å². The summed E-state index contributed by atoms with van der Waals surface area (Å²) in [6.45, 7) is 20.1. The van der Waals surface area contributed by atoms with Gasteiger partial charge in [-0.25, -0.2) is 0 Å². The minimum absolute atomic E-state index is 0.660. The van der Waals surface area contributed by atoms with Crippen molar-refractivity contribution in [1.82, 2.24) is 9.80 Å². The molecule has 0 N–H and O–H groups in total. The first kappa shape index (κ1) is 20.5. The molecule has 136 valence electrons. The van der Waals surface area contributed by atoms with Gasteiger partial charge in [0, 0.05) is 18.7 Å². The highest BCUT2D eigenvalue weighted by atomic mass is 16.5. The fraction of sp³-hybridized carbons (Fsp3) is 0.600. The highest BCUT2D eigenvalue weighted by Gasteiger charge is 2.05. The molecule has 1 rings (SSSR count). The standard InChI is InChI=1S/C20H34N2O2/c1-6-21(7-2)13-15-23-18(5)19-11-10-12-20(17-19)24-16-14-22(8-3)9-4/h10-12,17H,5-9,13-16H2,1-4H3.